The van der Waals surface area contributed by atoms with E-state index in [9.17, 15) is 9.59 Å². The van der Waals surface area contributed by atoms with E-state index in [1.807, 2.05) is 25.1 Å². The highest BCUT2D eigenvalue weighted by atomic mass is 35.5. The predicted octanol–water partition coefficient (Wildman–Crippen LogP) is 3.29. The minimum Gasteiger partial charge on any atom is -0.484 e. The normalized spacial score (nSPS) is 15.7. The molecule has 0 saturated heterocycles. The molecule has 1 aliphatic rings. The number of halogens is 1. The van der Waals surface area contributed by atoms with Crippen molar-refractivity contribution in [1.29, 1.82) is 0 Å². The third kappa shape index (κ3) is 4.35. The summed E-state index contributed by atoms with van der Waals surface area (Å²) in [7, 11) is 0. The Bertz CT molecular complexity index is 822. The molecule has 0 heterocycles. The zero-order valence-corrected chi connectivity index (χ0v) is 15.3. The van der Waals surface area contributed by atoms with Crippen LogP contribution in [0.25, 0.3) is 0 Å². The maximum Gasteiger partial charge on any atom is 0.276 e. The fourth-order valence-corrected chi connectivity index (χ4v) is 3.25. The van der Waals surface area contributed by atoms with Gasteiger partial charge < -0.3 is 4.74 Å². The van der Waals surface area contributed by atoms with Crippen molar-refractivity contribution in [2.75, 3.05) is 6.61 Å². The smallest absolute Gasteiger partial charge is 0.276 e. The fourth-order valence-electron chi connectivity index (χ4n) is 3.14. The van der Waals surface area contributed by atoms with Crippen molar-refractivity contribution in [3.63, 3.8) is 0 Å². The van der Waals surface area contributed by atoms with E-state index in [0.29, 0.717) is 10.8 Å². The summed E-state index contributed by atoms with van der Waals surface area (Å²) < 4.78 is 5.42. The summed E-state index contributed by atoms with van der Waals surface area (Å²) in [6, 6.07) is 13.1. The van der Waals surface area contributed by atoms with E-state index in [-0.39, 0.29) is 18.4 Å². The van der Waals surface area contributed by atoms with Crippen LogP contribution in [0.4, 0.5) is 0 Å². The molecule has 26 heavy (non-hydrogen) atoms. The molecule has 1 atom stereocenters. The molecule has 0 bridgehead atoms. The number of ether oxygens (including phenoxy) is 1. The molecule has 6 heteroatoms. The molecule has 0 aliphatic heterocycles. The topological polar surface area (TPSA) is 67.4 Å². The second-order valence-corrected chi connectivity index (χ2v) is 6.79. The number of nitrogens with one attached hydrogen (secondary N) is 2. The Kier molecular flexibility index (Phi) is 5.78. The minimum atomic E-state index is -0.421. The molecule has 0 radical (unpaired) electrons. The van der Waals surface area contributed by atoms with Crippen LogP contribution in [0.3, 0.4) is 0 Å². The molecular formula is C20H21ClN2O3. The first-order valence-electron chi connectivity index (χ1n) is 8.60. The maximum absolute atomic E-state index is 12.4. The van der Waals surface area contributed by atoms with Crippen molar-refractivity contribution < 1.29 is 14.3 Å². The highest BCUT2D eigenvalue weighted by Crippen LogP contribution is 2.31. The highest BCUT2D eigenvalue weighted by molar-refractivity contribution is 6.31. The van der Waals surface area contributed by atoms with Crippen molar-refractivity contribution in [3.05, 3.63) is 64.2 Å². The molecule has 5 nitrogen and oxygen atoms in total. The van der Waals surface area contributed by atoms with Gasteiger partial charge in [0.05, 0.1) is 5.92 Å². The molecule has 2 amide bonds. The first-order chi connectivity index (χ1) is 12.5. The van der Waals surface area contributed by atoms with Gasteiger partial charge >= 0.3 is 0 Å². The molecule has 0 saturated carbocycles. The van der Waals surface area contributed by atoms with Gasteiger partial charge in [-0.15, -0.1) is 0 Å². The lowest BCUT2D eigenvalue weighted by Gasteiger charge is -2.24. The average Bonchev–Trinajstić information content (AvgIpc) is 2.66. The molecule has 2 aromatic carbocycles. The quantitative estimate of drug-likeness (QED) is 0.809. The number of rotatable bonds is 4. The average molecular weight is 373 g/mol. The number of fused-ring (bicyclic) bond motifs is 1. The van der Waals surface area contributed by atoms with Crippen LogP contribution in [0.2, 0.25) is 5.02 Å². The van der Waals surface area contributed by atoms with Gasteiger partial charge in [0.15, 0.2) is 6.61 Å². The van der Waals surface area contributed by atoms with Crippen LogP contribution in [-0.4, -0.2) is 18.4 Å². The van der Waals surface area contributed by atoms with E-state index in [4.69, 9.17) is 16.3 Å². The van der Waals surface area contributed by atoms with E-state index < -0.39 is 5.91 Å². The van der Waals surface area contributed by atoms with Gasteiger partial charge in [-0.2, -0.15) is 0 Å². The van der Waals surface area contributed by atoms with Crippen molar-refractivity contribution in [1.82, 2.24) is 10.9 Å². The second-order valence-electron chi connectivity index (χ2n) is 6.38. The van der Waals surface area contributed by atoms with Gasteiger partial charge in [0, 0.05) is 5.02 Å². The van der Waals surface area contributed by atoms with E-state index in [1.165, 1.54) is 5.56 Å². The van der Waals surface area contributed by atoms with Crippen molar-refractivity contribution >= 4 is 23.4 Å². The molecule has 1 aliphatic carbocycles. The van der Waals surface area contributed by atoms with Crippen LogP contribution >= 0.6 is 11.6 Å². The Morgan fingerprint density at radius 3 is 2.81 bits per heavy atom. The molecule has 3 rings (SSSR count). The molecule has 0 aromatic heterocycles. The SMILES string of the molecule is Cc1cc(OCC(=O)NNC(=O)[C@H]2CCCc3ccccc32)ccc1Cl. The number of hydrazine groups is 1. The van der Waals surface area contributed by atoms with Crippen LogP contribution in [0.5, 0.6) is 5.75 Å². The number of hydrogen-bond donors (Lipinski definition) is 2. The summed E-state index contributed by atoms with van der Waals surface area (Å²) >= 11 is 5.96. The number of carbonyl (C=O) groups excluding carboxylic acids is 2. The number of carbonyl (C=O) groups is 2. The summed E-state index contributed by atoms with van der Waals surface area (Å²) in [5.74, 6) is -0.308. The third-order valence-electron chi connectivity index (χ3n) is 4.51. The standard InChI is InChI=1S/C20H21ClN2O3/c1-13-11-15(9-10-18(13)21)26-12-19(24)22-23-20(25)17-8-4-6-14-5-2-3-7-16(14)17/h2-3,5,7,9-11,17H,4,6,8,12H2,1H3,(H,22,24)(H,23,25)/t17-/m0/s1. The lowest BCUT2D eigenvalue weighted by molar-refractivity contribution is -0.130. The zero-order chi connectivity index (χ0) is 18.5. The third-order valence-corrected chi connectivity index (χ3v) is 4.93. The summed E-state index contributed by atoms with van der Waals surface area (Å²) in [6.07, 6.45) is 2.72. The monoisotopic (exact) mass is 372 g/mol. The summed E-state index contributed by atoms with van der Waals surface area (Å²) in [5, 5.41) is 0.641. The zero-order valence-electron chi connectivity index (χ0n) is 14.5. The van der Waals surface area contributed by atoms with Gasteiger partial charge in [0.25, 0.3) is 5.91 Å². The lowest BCUT2D eigenvalue weighted by atomic mass is 9.82. The van der Waals surface area contributed by atoms with E-state index in [0.717, 1.165) is 30.4 Å². The van der Waals surface area contributed by atoms with Crippen LogP contribution < -0.4 is 15.6 Å². The Morgan fingerprint density at radius 2 is 2.00 bits per heavy atom. The summed E-state index contributed by atoms with van der Waals surface area (Å²) in [5.41, 5.74) is 8.04. The maximum atomic E-state index is 12.4. The van der Waals surface area contributed by atoms with Crippen LogP contribution in [0.1, 0.15) is 35.4 Å². The van der Waals surface area contributed by atoms with Crippen molar-refractivity contribution in [2.24, 2.45) is 0 Å². The first-order valence-corrected chi connectivity index (χ1v) is 8.98. The molecule has 0 unspecified atom stereocenters. The van der Waals surface area contributed by atoms with Crippen LogP contribution in [0.15, 0.2) is 42.5 Å². The molecule has 2 N–H and O–H groups in total. The minimum absolute atomic E-state index is 0.192. The number of amides is 2. The number of aryl methyl sites for hydroxylation is 2. The molecule has 2 aromatic rings. The molecule has 0 spiro atoms. The second kappa shape index (κ2) is 8.23. The Labute approximate surface area is 157 Å². The van der Waals surface area contributed by atoms with Gasteiger partial charge in [0.1, 0.15) is 5.75 Å². The van der Waals surface area contributed by atoms with E-state index in [2.05, 4.69) is 16.9 Å². The Hall–Kier alpha value is -2.53. The van der Waals surface area contributed by atoms with Gasteiger partial charge in [-0.3, -0.25) is 20.4 Å². The van der Waals surface area contributed by atoms with E-state index in [1.54, 1.807) is 18.2 Å². The van der Waals surface area contributed by atoms with Gasteiger partial charge in [-0.05, 0) is 61.1 Å². The molecule has 0 fully saturated rings. The molecule has 136 valence electrons. The summed E-state index contributed by atoms with van der Waals surface area (Å²) in [4.78, 5) is 24.4. The highest BCUT2D eigenvalue weighted by Gasteiger charge is 2.26. The Balaban J connectivity index is 1.50. The Morgan fingerprint density at radius 1 is 1.19 bits per heavy atom. The van der Waals surface area contributed by atoms with Gasteiger partial charge in [-0.1, -0.05) is 35.9 Å². The number of benzene rings is 2. The first kappa shape index (κ1) is 18.3. The van der Waals surface area contributed by atoms with Gasteiger partial charge in [-0.25, -0.2) is 0 Å². The van der Waals surface area contributed by atoms with Crippen LogP contribution in [0, 0.1) is 6.92 Å². The lowest BCUT2D eigenvalue weighted by Crippen LogP contribution is -2.46. The predicted molar refractivity (Wildman–Crippen MR) is 100 cm³/mol. The fraction of sp³-hybridized carbons (Fsp3) is 0.300. The number of hydrogen-bond acceptors (Lipinski definition) is 3. The summed E-state index contributed by atoms with van der Waals surface area (Å²) in [6.45, 7) is 1.67. The molecular weight excluding hydrogens is 352 g/mol. The van der Waals surface area contributed by atoms with Crippen LogP contribution in [-0.2, 0) is 16.0 Å². The largest absolute Gasteiger partial charge is 0.484 e. The van der Waals surface area contributed by atoms with Crippen molar-refractivity contribution in [3.8, 4) is 5.75 Å². The van der Waals surface area contributed by atoms with E-state index >= 15 is 0 Å². The van der Waals surface area contributed by atoms with Gasteiger partial charge in [0.2, 0.25) is 5.91 Å². The van der Waals surface area contributed by atoms with Crippen molar-refractivity contribution in [2.45, 2.75) is 32.1 Å².